The summed E-state index contributed by atoms with van der Waals surface area (Å²) >= 11 is 3.50. The first kappa shape index (κ1) is 20.3. The molecule has 1 unspecified atom stereocenters. The predicted octanol–water partition coefficient (Wildman–Crippen LogP) is 3.84. The standard InChI is InChI=1S/C18H21BrN2O4S/c1-12-5-7-14(8-6-12)26(22,23)21-20-11-13(2)15-9-10-16(24-3)18(25-4)17(15)19/h5-11,13,21H,1-4H3. The average Bonchev–Trinajstić information content (AvgIpc) is 2.61. The number of benzene rings is 2. The van der Waals surface area contributed by atoms with Crippen LogP contribution in [0.5, 0.6) is 11.5 Å². The van der Waals surface area contributed by atoms with Gasteiger partial charge in [0.25, 0.3) is 10.0 Å². The number of ether oxygens (including phenoxy) is 2. The summed E-state index contributed by atoms with van der Waals surface area (Å²) < 4.78 is 35.8. The van der Waals surface area contributed by atoms with E-state index < -0.39 is 10.0 Å². The van der Waals surface area contributed by atoms with Crippen LogP contribution in [0.1, 0.15) is 24.0 Å². The molecule has 0 fully saturated rings. The van der Waals surface area contributed by atoms with E-state index in [1.165, 1.54) is 6.21 Å². The van der Waals surface area contributed by atoms with Crippen molar-refractivity contribution in [3.05, 3.63) is 52.0 Å². The van der Waals surface area contributed by atoms with Crippen LogP contribution in [0.25, 0.3) is 0 Å². The second-order valence-electron chi connectivity index (χ2n) is 5.68. The molecule has 0 amide bonds. The number of rotatable bonds is 7. The smallest absolute Gasteiger partial charge is 0.276 e. The summed E-state index contributed by atoms with van der Waals surface area (Å²) in [6.07, 6.45) is 1.53. The Morgan fingerprint density at radius 2 is 1.77 bits per heavy atom. The van der Waals surface area contributed by atoms with E-state index in [0.29, 0.717) is 11.5 Å². The molecule has 140 valence electrons. The normalized spacial score (nSPS) is 12.8. The summed E-state index contributed by atoms with van der Waals surface area (Å²) in [6.45, 7) is 3.79. The number of hydrazone groups is 1. The van der Waals surface area contributed by atoms with Gasteiger partial charge >= 0.3 is 0 Å². The van der Waals surface area contributed by atoms with Crippen molar-refractivity contribution in [2.75, 3.05) is 14.2 Å². The summed E-state index contributed by atoms with van der Waals surface area (Å²) in [4.78, 5) is 2.40. The molecule has 0 radical (unpaired) electrons. The van der Waals surface area contributed by atoms with E-state index in [1.54, 1.807) is 44.6 Å². The van der Waals surface area contributed by atoms with Gasteiger partial charge in [-0.05, 0) is 46.6 Å². The molecule has 0 bridgehead atoms. The molecule has 6 nitrogen and oxygen atoms in total. The average molecular weight is 441 g/mol. The SMILES string of the molecule is COc1ccc(C(C)C=NNS(=O)(=O)c2ccc(C)cc2)c(Br)c1OC. The van der Waals surface area contributed by atoms with Crippen LogP contribution in [0, 0.1) is 6.92 Å². The van der Waals surface area contributed by atoms with Crippen molar-refractivity contribution in [1.29, 1.82) is 0 Å². The lowest BCUT2D eigenvalue weighted by Crippen LogP contribution is -2.18. The zero-order chi connectivity index (χ0) is 19.3. The van der Waals surface area contributed by atoms with Crippen molar-refractivity contribution in [3.8, 4) is 11.5 Å². The minimum atomic E-state index is -3.69. The van der Waals surface area contributed by atoms with Gasteiger partial charge in [-0.2, -0.15) is 13.5 Å². The molecule has 2 aromatic rings. The van der Waals surface area contributed by atoms with E-state index in [4.69, 9.17) is 9.47 Å². The van der Waals surface area contributed by atoms with Crippen molar-refractivity contribution in [2.24, 2.45) is 5.10 Å². The van der Waals surface area contributed by atoms with Crippen LogP contribution >= 0.6 is 15.9 Å². The lowest BCUT2D eigenvalue weighted by atomic mass is 10.0. The Balaban J connectivity index is 2.17. The zero-order valence-electron chi connectivity index (χ0n) is 15.0. The van der Waals surface area contributed by atoms with Gasteiger partial charge in [0.05, 0.1) is 23.6 Å². The minimum absolute atomic E-state index is 0.162. The molecule has 0 aliphatic rings. The predicted molar refractivity (Wildman–Crippen MR) is 106 cm³/mol. The number of hydrogen-bond donors (Lipinski definition) is 1. The topological polar surface area (TPSA) is 77.0 Å². The van der Waals surface area contributed by atoms with Gasteiger partial charge in [-0.15, -0.1) is 0 Å². The maximum Gasteiger partial charge on any atom is 0.276 e. The fourth-order valence-corrected chi connectivity index (χ4v) is 3.97. The molecule has 0 saturated carbocycles. The summed E-state index contributed by atoms with van der Waals surface area (Å²) in [7, 11) is -0.572. The number of halogens is 1. The van der Waals surface area contributed by atoms with E-state index in [9.17, 15) is 8.42 Å². The molecule has 0 aliphatic heterocycles. The van der Waals surface area contributed by atoms with Gasteiger partial charge in [0.1, 0.15) is 0 Å². The molecule has 0 spiro atoms. The van der Waals surface area contributed by atoms with Crippen molar-refractivity contribution in [2.45, 2.75) is 24.7 Å². The molecular formula is C18H21BrN2O4S. The van der Waals surface area contributed by atoms with Crippen molar-refractivity contribution in [3.63, 3.8) is 0 Å². The quantitative estimate of drug-likeness (QED) is 0.523. The Labute approximate surface area is 162 Å². The van der Waals surface area contributed by atoms with Crippen molar-refractivity contribution < 1.29 is 17.9 Å². The van der Waals surface area contributed by atoms with Crippen LogP contribution in [0.2, 0.25) is 0 Å². The molecule has 1 atom stereocenters. The fraction of sp³-hybridized carbons (Fsp3) is 0.278. The molecule has 1 N–H and O–H groups in total. The van der Waals surface area contributed by atoms with Gasteiger partial charge in [-0.1, -0.05) is 30.7 Å². The Morgan fingerprint density at radius 3 is 2.35 bits per heavy atom. The summed E-state index contributed by atoms with van der Waals surface area (Å²) in [5.74, 6) is 1.02. The third kappa shape index (κ3) is 4.56. The fourth-order valence-electron chi connectivity index (χ4n) is 2.32. The Hall–Kier alpha value is -2.06. The van der Waals surface area contributed by atoms with Gasteiger partial charge in [0.15, 0.2) is 11.5 Å². The Morgan fingerprint density at radius 1 is 1.12 bits per heavy atom. The van der Waals surface area contributed by atoms with Gasteiger partial charge in [0.2, 0.25) is 0 Å². The van der Waals surface area contributed by atoms with Gasteiger partial charge in [0, 0.05) is 12.1 Å². The highest BCUT2D eigenvalue weighted by molar-refractivity contribution is 9.10. The monoisotopic (exact) mass is 440 g/mol. The van der Waals surface area contributed by atoms with Crippen LogP contribution in [0.3, 0.4) is 0 Å². The molecule has 0 aromatic heterocycles. The molecule has 0 heterocycles. The molecule has 26 heavy (non-hydrogen) atoms. The Kier molecular flexibility index (Phi) is 6.66. The lowest BCUT2D eigenvalue weighted by Gasteiger charge is -2.15. The van der Waals surface area contributed by atoms with E-state index >= 15 is 0 Å². The Bertz CT molecular complexity index is 896. The number of nitrogens with zero attached hydrogens (tertiary/aromatic N) is 1. The highest BCUT2D eigenvalue weighted by atomic mass is 79.9. The maximum absolute atomic E-state index is 12.2. The van der Waals surface area contributed by atoms with Crippen LogP contribution in [0.15, 0.2) is 50.9 Å². The van der Waals surface area contributed by atoms with E-state index in [1.807, 2.05) is 19.9 Å². The number of methoxy groups -OCH3 is 2. The number of sulfonamides is 1. The maximum atomic E-state index is 12.2. The van der Waals surface area contributed by atoms with Gasteiger partial charge in [-0.3, -0.25) is 0 Å². The summed E-state index contributed by atoms with van der Waals surface area (Å²) in [5, 5.41) is 3.90. The van der Waals surface area contributed by atoms with E-state index in [0.717, 1.165) is 15.6 Å². The van der Waals surface area contributed by atoms with Gasteiger partial charge in [-0.25, -0.2) is 4.83 Å². The molecule has 8 heteroatoms. The molecule has 2 rings (SSSR count). The van der Waals surface area contributed by atoms with Crippen LogP contribution < -0.4 is 14.3 Å². The molecule has 0 aliphatic carbocycles. The van der Waals surface area contributed by atoms with E-state index in [-0.39, 0.29) is 10.8 Å². The number of nitrogens with one attached hydrogen (secondary N) is 1. The molecule has 2 aromatic carbocycles. The highest BCUT2D eigenvalue weighted by Gasteiger charge is 2.17. The van der Waals surface area contributed by atoms with Crippen molar-refractivity contribution >= 4 is 32.2 Å². The first-order chi connectivity index (χ1) is 12.3. The van der Waals surface area contributed by atoms with E-state index in [2.05, 4.69) is 25.9 Å². The first-order valence-electron chi connectivity index (χ1n) is 7.82. The third-order valence-electron chi connectivity index (χ3n) is 3.81. The lowest BCUT2D eigenvalue weighted by molar-refractivity contribution is 0.352. The summed E-state index contributed by atoms with van der Waals surface area (Å²) in [5.41, 5.74) is 1.88. The highest BCUT2D eigenvalue weighted by Crippen LogP contribution is 2.39. The second-order valence-corrected chi connectivity index (χ2v) is 8.13. The summed E-state index contributed by atoms with van der Waals surface area (Å²) in [6, 6.07) is 10.2. The van der Waals surface area contributed by atoms with Crippen LogP contribution in [-0.2, 0) is 10.0 Å². The van der Waals surface area contributed by atoms with Crippen LogP contribution in [-0.4, -0.2) is 28.9 Å². The zero-order valence-corrected chi connectivity index (χ0v) is 17.4. The van der Waals surface area contributed by atoms with Crippen molar-refractivity contribution in [1.82, 2.24) is 4.83 Å². The number of aryl methyl sites for hydroxylation is 1. The van der Waals surface area contributed by atoms with Crippen LogP contribution in [0.4, 0.5) is 0 Å². The molecular weight excluding hydrogens is 420 g/mol. The number of hydrogen-bond acceptors (Lipinski definition) is 5. The largest absolute Gasteiger partial charge is 0.493 e. The first-order valence-corrected chi connectivity index (χ1v) is 10.1. The second kappa shape index (κ2) is 8.55. The third-order valence-corrected chi connectivity index (χ3v) is 5.86. The van der Waals surface area contributed by atoms with Gasteiger partial charge < -0.3 is 9.47 Å². The molecule has 0 saturated heterocycles. The minimum Gasteiger partial charge on any atom is -0.493 e.